The average Bonchev–Trinajstić information content (AvgIpc) is 3.49. The van der Waals surface area contributed by atoms with E-state index in [2.05, 4.69) is 15.5 Å². The molecule has 0 aromatic heterocycles. The second-order valence-corrected chi connectivity index (χ2v) is 7.39. The molecule has 1 saturated carbocycles. The maximum absolute atomic E-state index is 12.6. The molecule has 148 valence electrons. The highest BCUT2D eigenvalue weighted by Gasteiger charge is 2.56. The SMILES string of the molecule is CN(C)CCCNC(=O)C1(C(=O)Nc2ccc(Oc3ccccc3)cc2)CC1. The molecule has 3 rings (SSSR count). The van der Waals surface area contributed by atoms with Gasteiger partial charge >= 0.3 is 0 Å². The van der Waals surface area contributed by atoms with Gasteiger partial charge in [0.1, 0.15) is 16.9 Å². The van der Waals surface area contributed by atoms with Crippen molar-refractivity contribution in [1.82, 2.24) is 10.2 Å². The van der Waals surface area contributed by atoms with Gasteiger partial charge < -0.3 is 20.3 Å². The molecule has 2 amide bonds. The predicted octanol–water partition coefficient (Wildman–Crippen LogP) is 3.27. The Hall–Kier alpha value is -2.86. The number of nitrogens with one attached hydrogen (secondary N) is 2. The summed E-state index contributed by atoms with van der Waals surface area (Å²) < 4.78 is 5.75. The number of hydrogen-bond donors (Lipinski definition) is 2. The standard InChI is InChI=1S/C22H27N3O3/c1-25(2)16-6-15-23-20(26)22(13-14-22)21(27)24-17-9-11-19(12-10-17)28-18-7-4-3-5-8-18/h3-5,7-12H,6,13-16H2,1-2H3,(H,23,26)(H,24,27). The minimum absolute atomic E-state index is 0.173. The third kappa shape index (κ3) is 5.10. The van der Waals surface area contributed by atoms with Gasteiger partial charge in [-0.15, -0.1) is 0 Å². The minimum atomic E-state index is -0.919. The lowest BCUT2D eigenvalue weighted by Gasteiger charge is -2.16. The van der Waals surface area contributed by atoms with Crippen molar-refractivity contribution in [2.24, 2.45) is 5.41 Å². The number of amides is 2. The van der Waals surface area contributed by atoms with Crippen LogP contribution in [0.15, 0.2) is 54.6 Å². The van der Waals surface area contributed by atoms with E-state index in [-0.39, 0.29) is 11.8 Å². The maximum Gasteiger partial charge on any atom is 0.240 e. The van der Waals surface area contributed by atoms with Gasteiger partial charge in [-0.1, -0.05) is 18.2 Å². The maximum atomic E-state index is 12.6. The van der Waals surface area contributed by atoms with E-state index in [1.54, 1.807) is 24.3 Å². The molecule has 0 atom stereocenters. The van der Waals surface area contributed by atoms with Crippen LogP contribution in [0.5, 0.6) is 11.5 Å². The van der Waals surface area contributed by atoms with E-state index in [1.165, 1.54) is 0 Å². The summed E-state index contributed by atoms with van der Waals surface area (Å²) in [6, 6.07) is 16.6. The van der Waals surface area contributed by atoms with Crippen molar-refractivity contribution in [2.75, 3.05) is 32.5 Å². The highest BCUT2D eigenvalue weighted by molar-refractivity contribution is 6.13. The molecule has 0 bridgehead atoms. The molecule has 1 aliphatic carbocycles. The highest BCUT2D eigenvalue weighted by Crippen LogP contribution is 2.46. The molecular weight excluding hydrogens is 354 g/mol. The number of carbonyl (C=O) groups excluding carboxylic acids is 2. The van der Waals surface area contributed by atoms with E-state index in [0.717, 1.165) is 18.7 Å². The summed E-state index contributed by atoms with van der Waals surface area (Å²) in [6.45, 7) is 1.48. The van der Waals surface area contributed by atoms with Gasteiger partial charge in [0, 0.05) is 12.2 Å². The molecule has 1 fully saturated rings. The van der Waals surface area contributed by atoms with Crippen molar-refractivity contribution in [3.8, 4) is 11.5 Å². The normalized spacial score (nSPS) is 14.4. The van der Waals surface area contributed by atoms with Crippen molar-refractivity contribution >= 4 is 17.5 Å². The van der Waals surface area contributed by atoms with Crippen molar-refractivity contribution in [2.45, 2.75) is 19.3 Å². The summed E-state index contributed by atoms with van der Waals surface area (Å²) in [6.07, 6.45) is 2.04. The number of nitrogens with zero attached hydrogens (tertiary/aromatic N) is 1. The Morgan fingerprint density at radius 1 is 0.964 bits per heavy atom. The monoisotopic (exact) mass is 381 g/mol. The number of anilines is 1. The van der Waals surface area contributed by atoms with E-state index in [4.69, 9.17) is 4.74 Å². The summed E-state index contributed by atoms with van der Waals surface area (Å²) in [5.41, 5.74) is -0.269. The lowest BCUT2D eigenvalue weighted by Crippen LogP contribution is -2.40. The number of hydrogen-bond acceptors (Lipinski definition) is 4. The van der Waals surface area contributed by atoms with E-state index in [9.17, 15) is 9.59 Å². The highest BCUT2D eigenvalue weighted by atomic mass is 16.5. The molecule has 2 aromatic rings. The van der Waals surface area contributed by atoms with Gasteiger partial charge in [0.2, 0.25) is 11.8 Å². The molecule has 2 N–H and O–H groups in total. The van der Waals surface area contributed by atoms with Crippen molar-refractivity contribution in [1.29, 1.82) is 0 Å². The van der Waals surface area contributed by atoms with Crippen LogP contribution in [0.3, 0.4) is 0 Å². The second kappa shape index (κ2) is 8.89. The van der Waals surface area contributed by atoms with Gasteiger partial charge in [-0.2, -0.15) is 0 Å². The van der Waals surface area contributed by atoms with Gasteiger partial charge in [-0.3, -0.25) is 9.59 Å². The summed E-state index contributed by atoms with van der Waals surface area (Å²) >= 11 is 0. The largest absolute Gasteiger partial charge is 0.457 e. The first-order valence-electron chi connectivity index (χ1n) is 9.57. The first kappa shape index (κ1) is 19.9. The van der Waals surface area contributed by atoms with E-state index >= 15 is 0 Å². The van der Waals surface area contributed by atoms with E-state index in [0.29, 0.717) is 30.8 Å². The molecule has 0 spiro atoms. The number of para-hydroxylation sites is 1. The zero-order valence-corrected chi connectivity index (χ0v) is 16.4. The molecule has 28 heavy (non-hydrogen) atoms. The molecule has 0 heterocycles. The third-order valence-corrected chi connectivity index (χ3v) is 4.78. The zero-order valence-electron chi connectivity index (χ0n) is 16.4. The molecule has 6 nitrogen and oxygen atoms in total. The van der Waals surface area contributed by atoms with Crippen LogP contribution in [-0.2, 0) is 9.59 Å². The van der Waals surface area contributed by atoms with Crippen molar-refractivity contribution < 1.29 is 14.3 Å². The molecule has 0 unspecified atom stereocenters. The fraction of sp³-hybridized carbons (Fsp3) is 0.364. The summed E-state index contributed by atoms with van der Waals surface area (Å²) in [7, 11) is 3.99. The molecule has 0 saturated heterocycles. The van der Waals surface area contributed by atoms with Gasteiger partial charge in [-0.05, 0) is 76.3 Å². The molecule has 0 radical (unpaired) electrons. The fourth-order valence-corrected chi connectivity index (χ4v) is 2.93. The quantitative estimate of drug-likeness (QED) is 0.517. The average molecular weight is 381 g/mol. The fourth-order valence-electron chi connectivity index (χ4n) is 2.93. The Kier molecular flexibility index (Phi) is 6.31. The van der Waals surface area contributed by atoms with Crippen LogP contribution in [-0.4, -0.2) is 43.9 Å². The van der Waals surface area contributed by atoms with Crippen LogP contribution in [0, 0.1) is 5.41 Å². The molecule has 2 aromatic carbocycles. The Labute approximate surface area is 165 Å². The molecular formula is C22H27N3O3. The lowest BCUT2D eigenvalue weighted by molar-refractivity contribution is -0.134. The molecule has 1 aliphatic rings. The van der Waals surface area contributed by atoms with Crippen molar-refractivity contribution in [3.05, 3.63) is 54.6 Å². The van der Waals surface area contributed by atoms with Gasteiger partial charge in [0.05, 0.1) is 0 Å². The van der Waals surface area contributed by atoms with Crippen LogP contribution in [0.4, 0.5) is 5.69 Å². The third-order valence-electron chi connectivity index (χ3n) is 4.78. The topological polar surface area (TPSA) is 70.7 Å². The Morgan fingerprint density at radius 3 is 2.21 bits per heavy atom. The summed E-state index contributed by atoms with van der Waals surface area (Å²) in [4.78, 5) is 27.2. The second-order valence-electron chi connectivity index (χ2n) is 7.39. The van der Waals surface area contributed by atoms with Crippen LogP contribution in [0.2, 0.25) is 0 Å². The zero-order chi connectivity index (χ0) is 20.0. The Bertz CT molecular complexity index is 800. The smallest absolute Gasteiger partial charge is 0.240 e. The number of benzene rings is 2. The Morgan fingerprint density at radius 2 is 1.61 bits per heavy atom. The van der Waals surface area contributed by atoms with Crippen molar-refractivity contribution in [3.63, 3.8) is 0 Å². The number of carbonyl (C=O) groups is 2. The van der Waals surface area contributed by atoms with Crippen LogP contribution in [0.1, 0.15) is 19.3 Å². The van der Waals surface area contributed by atoms with E-state index < -0.39 is 5.41 Å². The molecule has 6 heteroatoms. The first-order chi connectivity index (χ1) is 13.5. The lowest BCUT2D eigenvalue weighted by atomic mass is 10.0. The van der Waals surface area contributed by atoms with Crippen LogP contribution in [0.25, 0.3) is 0 Å². The van der Waals surface area contributed by atoms with Gasteiger partial charge in [0.15, 0.2) is 0 Å². The van der Waals surface area contributed by atoms with E-state index in [1.807, 2.05) is 44.4 Å². The van der Waals surface area contributed by atoms with Crippen LogP contribution < -0.4 is 15.4 Å². The van der Waals surface area contributed by atoms with Gasteiger partial charge in [0.25, 0.3) is 0 Å². The number of ether oxygens (including phenoxy) is 1. The molecule has 0 aliphatic heterocycles. The van der Waals surface area contributed by atoms with Crippen LogP contribution >= 0.6 is 0 Å². The summed E-state index contributed by atoms with van der Waals surface area (Å²) in [5.74, 6) is 1.02. The number of rotatable bonds is 9. The Balaban J connectivity index is 1.51. The first-order valence-corrected chi connectivity index (χ1v) is 9.57. The minimum Gasteiger partial charge on any atom is -0.457 e. The van der Waals surface area contributed by atoms with Gasteiger partial charge in [-0.25, -0.2) is 0 Å². The summed E-state index contributed by atoms with van der Waals surface area (Å²) in [5, 5.41) is 5.76. The predicted molar refractivity (Wildman–Crippen MR) is 109 cm³/mol.